The molecule has 2 aliphatic carbocycles. The fraction of sp³-hybridized carbons (Fsp3) is 0.500. The molecule has 30 heavy (non-hydrogen) atoms. The Hall–Kier alpha value is -2.76. The van der Waals surface area contributed by atoms with Crippen molar-refractivity contribution in [2.75, 3.05) is 13.2 Å². The van der Waals surface area contributed by atoms with Gasteiger partial charge >= 0.3 is 5.97 Å². The highest BCUT2D eigenvalue weighted by molar-refractivity contribution is 5.88. The summed E-state index contributed by atoms with van der Waals surface area (Å²) in [5.41, 5.74) is 3.58. The molecule has 156 valence electrons. The second-order valence-electron chi connectivity index (χ2n) is 9.15. The van der Waals surface area contributed by atoms with Crippen molar-refractivity contribution in [3.8, 4) is 22.8 Å². The molecular formula is C24H25NO5. The summed E-state index contributed by atoms with van der Waals surface area (Å²) in [5, 5.41) is 9.47. The summed E-state index contributed by atoms with van der Waals surface area (Å²) in [6.07, 6.45) is 9.19. The Labute approximate surface area is 174 Å². The Morgan fingerprint density at radius 2 is 2.07 bits per heavy atom. The van der Waals surface area contributed by atoms with Crippen LogP contribution in [0, 0.1) is 11.8 Å². The Kier molecular flexibility index (Phi) is 3.98. The number of pyridine rings is 1. The number of carbonyl (C=O) groups is 1. The van der Waals surface area contributed by atoms with Crippen molar-refractivity contribution in [2.45, 2.75) is 51.0 Å². The summed E-state index contributed by atoms with van der Waals surface area (Å²) in [5.74, 6) is 1.82. The fourth-order valence-corrected chi connectivity index (χ4v) is 5.12. The van der Waals surface area contributed by atoms with E-state index in [0.717, 1.165) is 66.3 Å². The third-order valence-electron chi connectivity index (χ3n) is 7.02. The molecule has 0 saturated heterocycles. The zero-order chi connectivity index (χ0) is 20.4. The van der Waals surface area contributed by atoms with Crippen LogP contribution in [0.5, 0.6) is 11.5 Å². The molecule has 6 rings (SSSR count). The first-order chi connectivity index (χ1) is 14.6. The summed E-state index contributed by atoms with van der Waals surface area (Å²) >= 11 is 0. The van der Waals surface area contributed by atoms with Gasteiger partial charge in [-0.15, -0.1) is 0 Å². The minimum atomic E-state index is -1.16. The SMILES string of the molecule is O=C(O)c1cn2c(cc1=O)-c1c(cc(OCCC3CC3)c3c1CCO3)CC2C1CC1. The van der Waals surface area contributed by atoms with Crippen LogP contribution in [0.25, 0.3) is 11.3 Å². The fourth-order valence-electron chi connectivity index (χ4n) is 5.12. The van der Waals surface area contributed by atoms with E-state index in [1.807, 2.05) is 0 Å². The van der Waals surface area contributed by atoms with E-state index in [0.29, 0.717) is 19.1 Å². The van der Waals surface area contributed by atoms with Crippen LogP contribution in [0.2, 0.25) is 0 Å². The normalized spacial score (nSPS) is 21.4. The molecule has 6 nitrogen and oxygen atoms in total. The van der Waals surface area contributed by atoms with Gasteiger partial charge in [-0.25, -0.2) is 4.79 Å². The molecule has 0 amide bonds. The molecular weight excluding hydrogens is 382 g/mol. The third kappa shape index (κ3) is 2.92. The molecule has 6 heteroatoms. The van der Waals surface area contributed by atoms with E-state index in [4.69, 9.17) is 9.47 Å². The predicted molar refractivity (Wildman–Crippen MR) is 111 cm³/mol. The molecule has 2 saturated carbocycles. The molecule has 0 spiro atoms. The first kappa shape index (κ1) is 18.0. The van der Waals surface area contributed by atoms with Gasteiger partial charge in [0.25, 0.3) is 0 Å². The highest BCUT2D eigenvalue weighted by atomic mass is 16.5. The molecule has 2 fully saturated rings. The van der Waals surface area contributed by atoms with Gasteiger partial charge < -0.3 is 19.1 Å². The Bertz CT molecular complexity index is 1110. The third-order valence-corrected chi connectivity index (χ3v) is 7.02. The lowest BCUT2D eigenvalue weighted by molar-refractivity contribution is 0.0694. The highest BCUT2D eigenvalue weighted by Gasteiger charge is 2.39. The number of aromatic nitrogens is 1. The van der Waals surface area contributed by atoms with Gasteiger partial charge in [0.05, 0.1) is 18.9 Å². The first-order valence-electron chi connectivity index (χ1n) is 11.0. The maximum atomic E-state index is 12.6. The van der Waals surface area contributed by atoms with Crippen LogP contribution >= 0.6 is 0 Å². The standard InChI is InChI=1S/C24H25NO5/c26-20-11-19-22-15(9-18(14-3-4-14)25(19)12-17(20)24(27)28)10-21(23-16(22)6-8-30-23)29-7-5-13-1-2-13/h10-14,18H,1-9H2,(H,27,28). The largest absolute Gasteiger partial charge is 0.490 e. The number of aromatic carboxylic acids is 1. The van der Waals surface area contributed by atoms with Crippen LogP contribution in [-0.4, -0.2) is 28.9 Å². The van der Waals surface area contributed by atoms with E-state index in [2.05, 4.69) is 10.6 Å². The molecule has 0 bridgehead atoms. The van der Waals surface area contributed by atoms with Crippen molar-refractivity contribution in [2.24, 2.45) is 11.8 Å². The van der Waals surface area contributed by atoms with Crippen molar-refractivity contribution < 1.29 is 19.4 Å². The highest BCUT2D eigenvalue weighted by Crippen LogP contribution is 2.51. The van der Waals surface area contributed by atoms with Crippen molar-refractivity contribution in [1.82, 2.24) is 4.57 Å². The average Bonchev–Trinajstić information content (AvgIpc) is 3.65. The van der Waals surface area contributed by atoms with Gasteiger partial charge in [-0.1, -0.05) is 12.8 Å². The van der Waals surface area contributed by atoms with Crippen LogP contribution in [0.1, 0.15) is 59.6 Å². The van der Waals surface area contributed by atoms with Crippen molar-refractivity contribution in [1.29, 1.82) is 0 Å². The number of carboxylic acid groups (broad SMARTS) is 1. The average molecular weight is 407 g/mol. The maximum Gasteiger partial charge on any atom is 0.341 e. The second-order valence-corrected chi connectivity index (χ2v) is 9.15. The summed E-state index contributed by atoms with van der Waals surface area (Å²) in [4.78, 5) is 24.1. The molecule has 2 aromatic rings. The van der Waals surface area contributed by atoms with Gasteiger partial charge in [0, 0.05) is 35.9 Å². The molecule has 1 aromatic heterocycles. The number of ether oxygens (including phenoxy) is 2. The van der Waals surface area contributed by atoms with Crippen LogP contribution < -0.4 is 14.9 Å². The zero-order valence-corrected chi connectivity index (χ0v) is 16.9. The summed E-state index contributed by atoms with van der Waals surface area (Å²) < 4.78 is 14.2. The van der Waals surface area contributed by atoms with E-state index >= 15 is 0 Å². The molecule has 2 aliphatic heterocycles. The molecule has 4 aliphatic rings. The molecule has 3 heterocycles. The van der Waals surface area contributed by atoms with Gasteiger partial charge in [0.1, 0.15) is 5.56 Å². The molecule has 1 atom stereocenters. The maximum absolute atomic E-state index is 12.6. The van der Waals surface area contributed by atoms with Crippen LogP contribution in [0.15, 0.2) is 23.1 Å². The second kappa shape index (κ2) is 6.62. The molecule has 1 N–H and O–H groups in total. The lowest BCUT2D eigenvalue weighted by Gasteiger charge is -2.32. The van der Waals surface area contributed by atoms with Gasteiger partial charge in [-0.05, 0) is 49.1 Å². The minimum Gasteiger partial charge on any atom is -0.490 e. The van der Waals surface area contributed by atoms with Crippen LogP contribution in [0.3, 0.4) is 0 Å². The number of carboxylic acids is 1. The Balaban J connectivity index is 1.48. The molecule has 0 radical (unpaired) electrons. The summed E-state index contributed by atoms with van der Waals surface area (Å²) in [6, 6.07) is 3.81. The summed E-state index contributed by atoms with van der Waals surface area (Å²) in [6.45, 7) is 1.32. The number of rotatable bonds is 6. The van der Waals surface area contributed by atoms with Crippen molar-refractivity contribution in [3.05, 3.63) is 45.2 Å². The Morgan fingerprint density at radius 1 is 1.23 bits per heavy atom. The van der Waals surface area contributed by atoms with Gasteiger partial charge in [0.15, 0.2) is 16.9 Å². The quantitative estimate of drug-likeness (QED) is 0.787. The smallest absolute Gasteiger partial charge is 0.341 e. The molecule has 1 aromatic carbocycles. The number of benzene rings is 1. The lowest BCUT2D eigenvalue weighted by Crippen LogP contribution is -2.27. The van der Waals surface area contributed by atoms with E-state index in [-0.39, 0.29) is 11.6 Å². The zero-order valence-electron chi connectivity index (χ0n) is 16.9. The number of fused-ring (bicyclic) bond motifs is 5. The summed E-state index contributed by atoms with van der Waals surface area (Å²) in [7, 11) is 0. The van der Waals surface area contributed by atoms with Crippen LogP contribution in [0.4, 0.5) is 0 Å². The van der Waals surface area contributed by atoms with Crippen molar-refractivity contribution in [3.63, 3.8) is 0 Å². The number of hydrogen-bond acceptors (Lipinski definition) is 4. The monoisotopic (exact) mass is 407 g/mol. The number of hydrogen-bond donors (Lipinski definition) is 1. The van der Waals surface area contributed by atoms with E-state index in [1.54, 1.807) is 6.20 Å². The van der Waals surface area contributed by atoms with Crippen molar-refractivity contribution >= 4 is 5.97 Å². The van der Waals surface area contributed by atoms with Gasteiger partial charge in [0.2, 0.25) is 0 Å². The predicted octanol–water partition coefficient (Wildman–Crippen LogP) is 3.83. The van der Waals surface area contributed by atoms with Gasteiger partial charge in [-0.2, -0.15) is 0 Å². The van der Waals surface area contributed by atoms with E-state index in [1.165, 1.54) is 24.5 Å². The minimum absolute atomic E-state index is 0.152. The topological polar surface area (TPSA) is 77.8 Å². The molecule has 1 unspecified atom stereocenters. The van der Waals surface area contributed by atoms with E-state index in [9.17, 15) is 14.7 Å². The lowest BCUT2D eigenvalue weighted by atomic mass is 9.86. The Morgan fingerprint density at radius 3 is 2.80 bits per heavy atom. The first-order valence-corrected chi connectivity index (χ1v) is 11.0. The number of nitrogens with zero attached hydrogens (tertiary/aromatic N) is 1. The van der Waals surface area contributed by atoms with Crippen LogP contribution in [-0.2, 0) is 12.8 Å². The van der Waals surface area contributed by atoms with Gasteiger partial charge in [-0.3, -0.25) is 4.79 Å². The van der Waals surface area contributed by atoms with E-state index < -0.39 is 11.4 Å².